The van der Waals surface area contributed by atoms with Gasteiger partial charge >= 0.3 is 0 Å². The fourth-order valence-corrected chi connectivity index (χ4v) is 5.40. The Morgan fingerprint density at radius 2 is 1.81 bits per heavy atom. The van der Waals surface area contributed by atoms with E-state index in [1.165, 1.54) is 48.9 Å². The SMILES string of the molecule is CC1CN(c2ccc(CN3CCc4nc(C5CCCCC5)ncc4C3)cn2)CC(C)O1. The molecule has 0 spiro atoms. The first-order valence-corrected chi connectivity index (χ1v) is 12.1. The third-order valence-corrected chi connectivity index (χ3v) is 6.96. The Kier molecular flexibility index (Phi) is 6.19. The molecule has 0 aromatic carbocycles. The van der Waals surface area contributed by atoms with Crippen LogP contribution in [0.15, 0.2) is 24.5 Å². The fraction of sp³-hybridized carbons (Fsp3) is 0.640. The fourth-order valence-electron chi connectivity index (χ4n) is 5.40. The Bertz CT molecular complexity index is 870. The highest BCUT2D eigenvalue weighted by atomic mass is 16.5. The van der Waals surface area contributed by atoms with Crippen molar-refractivity contribution >= 4 is 5.82 Å². The van der Waals surface area contributed by atoms with Gasteiger partial charge < -0.3 is 9.64 Å². The van der Waals surface area contributed by atoms with Gasteiger partial charge in [0.2, 0.25) is 0 Å². The summed E-state index contributed by atoms with van der Waals surface area (Å²) >= 11 is 0. The number of anilines is 1. The average molecular weight is 422 g/mol. The lowest BCUT2D eigenvalue weighted by molar-refractivity contribution is -0.00546. The van der Waals surface area contributed by atoms with E-state index in [1.54, 1.807) is 0 Å². The zero-order valence-electron chi connectivity index (χ0n) is 19.0. The van der Waals surface area contributed by atoms with Crippen LogP contribution in [0.1, 0.15) is 74.5 Å². The largest absolute Gasteiger partial charge is 0.372 e. The lowest BCUT2D eigenvalue weighted by Gasteiger charge is -2.36. The van der Waals surface area contributed by atoms with Crippen LogP contribution in [0.5, 0.6) is 0 Å². The second-order valence-corrected chi connectivity index (χ2v) is 9.68. The first-order valence-electron chi connectivity index (χ1n) is 12.1. The van der Waals surface area contributed by atoms with E-state index in [0.29, 0.717) is 5.92 Å². The number of nitrogens with zero attached hydrogens (tertiary/aromatic N) is 5. The molecular weight excluding hydrogens is 386 g/mol. The molecule has 2 aromatic rings. The van der Waals surface area contributed by atoms with E-state index < -0.39 is 0 Å². The van der Waals surface area contributed by atoms with E-state index in [0.717, 1.165) is 50.8 Å². The third-order valence-electron chi connectivity index (χ3n) is 6.96. The number of rotatable bonds is 4. The average Bonchev–Trinajstić information content (AvgIpc) is 2.79. The van der Waals surface area contributed by atoms with Gasteiger partial charge in [-0.05, 0) is 38.3 Å². The normalized spacial score (nSPS) is 25.4. The van der Waals surface area contributed by atoms with Gasteiger partial charge in [0, 0.05) is 68.7 Å². The van der Waals surface area contributed by atoms with E-state index >= 15 is 0 Å². The van der Waals surface area contributed by atoms with Gasteiger partial charge in [0.25, 0.3) is 0 Å². The maximum Gasteiger partial charge on any atom is 0.131 e. The van der Waals surface area contributed by atoms with Crippen molar-refractivity contribution in [3.63, 3.8) is 0 Å². The number of fused-ring (bicyclic) bond motifs is 1. The van der Waals surface area contributed by atoms with Gasteiger partial charge in [0.15, 0.2) is 0 Å². The molecule has 0 amide bonds. The number of ether oxygens (including phenoxy) is 1. The second-order valence-electron chi connectivity index (χ2n) is 9.68. The van der Waals surface area contributed by atoms with E-state index in [1.807, 2.05) is 6.20 Å². The molecule has 0 radical (unpaired) electrons. The maximum absolute atomic E-state index is 5.85. The summed E-state index contributed by atoms with van der Waals surface area (Å²) in [5, 5.41) is 0. The molecule has 0 N–H and O–H groups in total. The minimum atomic E-state index is 0.250. The summed E-state index contributed by atoms with van der Waals surface area (Å²) in [6.07, 6.45) is 12.2. The van der Waals surface area contributed by atoms with Gasteiger partial charge in [-0.1, -0.05) is 25.3 Å². The Labute approximate surface area is 186 Å². The Morgan fingerprint density at radius 1 is 1.00 bits per heavy atom. The summed E-state index contributed by atoms with van der Waals surface area (Å²) in [6, 6.07) is 4.39. The third kappa shape index (κ3) is 4.90. The second kappa shape index (κ2) is 9.21. The van der Waals surface area contributed by atoms with Crippen LogP contribution in [-0.4, -0.2) is 51.7 Å². The molecule has 1 aliphatic carbocycles. The van der Waals surface area contributed by atoms with Crippen LogP contribution in [0.25, 0.3) is 0 Å². The number of aromatic nitrogens is 3. The lowest BCUT2D eigenvalue weighted by atomic mass is 9.88. The molecule has 2 atom stereocenters. The van der Waals surface area contributed by atoms with E-state index in [4.69, 9.17) is 19.7 Å². The molecule has 2 aliphatic heterocycles. The van der Waals surface area contributed by atoms with Crippen LogP contribution < -0.4 is 4.90 Å². The van der Waals surface area contributed by atoms with Gasteiger partial charge in [-0.3, -0.25) is 4.90 Å². The van der Waals surface area contributed by atoms with Crippen LogP contribution >= 0.6 is 0 Å². The molecule has 5 rings (SSSR count). The summed E-state index contributed by atoms with van der Waals surface area (Å²) in [6.45, 7) is 8.98. The highest BCUT2D eigenvalue weighted by Gasteiger charge is 2.24. The Hall–Kier alpha value is -2.05. The Morgan fingerprint density at radius 3 is 2.55 bits per heavy atom. The van der Waals surface area contributed by atoms with Crippen LogP contribution in [0.2, 0.25) is 0 Å². The molecule has 0 bridgehead atoms. The number of pyridine rings is 1. The topological polar surface area (TPSA) is 54.4 Å². The van der Waals surface area contributed by atoms with Crippen molar-refractivity contribution in [2.75, 3.05) is 24.5 Å². The molecule has 6 heteroatoms. The van der Waals surface area contributed by atoms with E-state index in [2.05, 4.69) is 42.0 Å². The standard InChI is InChI=1S/C25H35N5O/c1-18-14-30(15-19(2)31-18)24-9-8-20(12-26-24)16-29-11-10-23-22(17-29)13-27-25(28-23)21-6-4-3-5-7-21/h8-9,12-13,18-19,21H,3-7,10-11,14-17H2,1-2H3. The molecule has 2 aromatic heterocycles. The smallest absolute Gasteiger partial charge is 0.131 e. The monoisotopic (exact) mass is 421 g/mol. The molecule has 2 fully saturated rings. The zero-order chi connectivity index (χ0) is 21.2. The van der Waals surface area contributed by atoms with Crippen molar-refractivity contribution in [3.05, 3.63) is 47.2 Å². The molecule has 1 saturated carbocycles. The summed E-state index contributed by atoms with van der Waals surface area (Å²) in [4.78, 5) is 19.3. The summed E-state index contributed by atoms with van der Waals surface area (Å²) in [7, 11) is 0. The minimum absolute atomic E-state index is 0.250. The van der Waals surface area contributed by atoms with Gasteiger partial charge in [0.05, 0.1) is 12.2 Å². The van der Waals surface area contributed by atoms with Gasteiger partial charge in [0.1, 0.15) is 11.6 Å². The zero-order valence-corrected chi connectivity index (χ0v) is 19.0. The van der Waals surface area contributed by atoms with Crippen LogP contribution in [-0.2, 0) is 24.2 Å². The molecule has 6 nitrogen and oxygen atoms in total. The first kappa shape index (κ1) is 20.8. The molecule has 2 unspecified atom stereocenters. The van der Waals surface area contributed by atoms with Crippen molar-refractivity contribution in [2.45, 2.75) is 83.6 Å². The summed E-state index contributed by atoms with van der Waals surface area (Å²) in [5.74, 6) is 2.73. The van der Waals surface area contributed by atoms with Crippen LogP contribution in [0, 0.1) is 0 Å². The Balaban J connectivity index is 1.20. The van der Waals surface area contributed by atoms with Crippen molar-refractivity contribution in [3.8, 4) is 0 Å². The number of hydrogen-bond donors (Lipinski definition) is 0. The van der Waals surface area contributed by atoms with Gasteiger partial charge in [-0.15, -0.1) is 0 Å². The predicted octanol–water partition coefficient (Wildman–Crippen LogP) is 4.09. The van der Waals surface area contributed by atoms with E-state index in [-0.39, 0.29) is 12.2 Å². The van der Waals surface area contributed by atoms with Crippen molar-refractivity contribution in [1.29, 1.82) is 0 Å². The lowest BCUT2D eigenvalue weighted by Crippen LogP contribution is -2.45. The maximum atomic E-state index is 5.85. The van der Waals surface area contributed by atoms with Gasteiger partial charge in [-0.25, -0.2) is 15.0 Å². The highest BCUT2D eigenvalue weighted by molar-refractivity contribution is 5.40. The molecular formula is C25H35N5O. The summed E-state index contributed by atoms with van der Waals surface area (Å²) in [5.41, 5.74) is 3.84. The van der Waals surface area contributed by atoms with Crippen molar-refractivity contribution in [2.24, 2.45) is 0 Å². The molecule has 4 heterocycles. The number of morpholine rings is 1. The van der Waals surface area contributed by atoms with Crippen LogP contribution in [0.3, 0.4) is 0 Å². The molecule has 31 heavy (non-hydrogen) atoms. The first-order chi connectivity index (χ1) is 15.1. The highest BCUT2D eigenvalue weighted by Crippen LogP contribution is 2.31. The van der Waals surface area contributed by atoms with Crippen molar-refractivity contribution < 1.29 is 4.74 Å². The van der Waals surface area contributed by atoms with Crippen molar-refractivity contribution in [1.82, 2.24) is 19.9 Å². The quantitative estimate of drug-likeness (QED) is 0.741. The molecule has 3 aliphatic rings. The molecule has 1 saturated heterocycles. The van der Waals surface area contributed by atoms with E-state index in [9.17, 15) is 0 Å². The minimum Gasteiger partial charge on any atom is -0.372 e. The summed E-state index contributed by atoms with van der Waals surface area (Å²) < 4.78 is 5.85. The predicted molar refractivity (Wildman–Crippen MR) is 122 cm³/mol. The van der Waals surface area contributed by atoms with Gasteiger partial charge in [-0.2, -0.15) is 0 Å². The van der Waals surface area contributed by atoms with Crippen LogP contribution in [0.4, 0.5) is 5.82 Å². The molecule has 166 valence electrons. The number of hydrogen-bond acceptors (Lipinski definition) is 6.